The lowest BCUT2D eigenvalue weighted by molar-refractivity contribution is 0.235. The molecule has 0 saturated carbocycles. The zero-order valence-corrected chi connectivity index (χ0v) is 13.4. The molecule has 0 unspecified atom stereocenters. The molecule has 21 heavy (non-hydrogen) atoms. The van der Waals surface area contributed by atoms with Crippen molar-refractivity contribution in [3.05, 3.63) is 52.5 Å². The van der Waals surface area contributed by atoms with Gasteiger partial charge in [-0.25, -0.2) is 0 Å². The summed E-state index contributed by atoms with van der Waals surface area (Å²) in [6, 6.07) is 12.9. The normalized spacial score (nSPS) is 11.8. The van der Waals surface area contributed by atoms with Gasteiger partial charge in [-0.1, -0.05) is 29.3 Å². The Balaban J connectivity index is 1.90. The van der Waals surface area contributed by atoms with Crippen LogP contribution in [0.15, 0.2) is 42.5 Å². The van der Waals surface area contributed by atoms with Crippen molar-refractivity contribution in [3.8, 4) is 11.5 Å². The van der Waals surface area contributed by atoms with Crippen LogP contribution in [0.3, 0.4) is 0 Å². The second-order valence-electron chi connectivity index (χ2n) is 4.62. The van der Waals surface area contributed by atoms with E-state index in [1.807, 2.05) is 31.2 Å². The average molecular weight is 326 g/mol. The van der Waals surface area contributed by atoms with Gasteiger partial charge in [0.2, 0.25) is 0 Å². The van der Waals surface area contributed by atoms with Gasteiger partial charge in [0.1, 0.15) is 17.6 Å². The number of benzene rings is 2. The highest BCUT2D eigenvalue weighted by Gasteiger charge is 2.08. The van der Waals surface area contributed by atoms with Gasteiger partial charge in [-0.2, -0.15) is 0 Å². The first-order valence-electron chi connectivity index (χ1n) is 6.58. The van der Waals surface area contributed by atoms with Crippen LogP contribution in [0.25, 0.3) is 0 Å². The maximum absolute atomic E-state index is 6.08. The van der Waals surface area contributed by atoms with Gasteiger partial charge in [-0.3, -0.25) is 0 Å². The Labute approximate surface area is 134 Å². The van der Waals surface area contributed by atoms with Crippen LogP contribution in [0.2, 0.25) is 10.0 Å². The molecule has 2 aromatic carbocycles. The van der Waals surface area contributed by atoms with Gasteiger partial charge >= 0.3 is 0 Å². The summed E-state index contributed by atoms with van der Waals surface area (Å²) in [4.78, 5) is 0. The molecule has 0 aromatic heterocycles. The Bertz CT molecular complexity index is 605. The van der Waals surface area contributed by atoms with Crippen molar-refractivity contribution in [2.75, 3.05) is 19.0 Å². The Kier molecular flexibility index (Phi) is 5.59. The minimum absolute atomic E-state index is 0.0464. The molecule has 0 aliphatic rings. The number of anilines is 1. The van der Waals surface area contributed by atoms with Crippen LogP contribution in [0.4, 0.5) is 5.69 Å². The molecule has 2 rings (SSSR count). The van der Waals surface area contributed by atoms with Crippen LogP contribution in [-0.2, 0) is 0 Å². The summed E-state index contributed by atoms with van der Waals surface area (Å²) in [5, 5.41) is 4.40. The van der Waals surface area contributed by atoms with Crippen molar-refractivity contribution in [2.24, 2.45) is 0 Å². The number of ether oxygens (including phenoxy) is 2. The smallest absolute Gasteiger partial charge is 0.138 e. The molecule has 3 nitrogen and oxygen atoms in total. The Morgan fingerprint density at radius 3 is 2.67 bits per heavy atom. The number of halogens is 2. The number of nitrogens with one attached hydrogen (secondary N) is 1. The molecule has 112 valence electrons. The summed E-state index contributed by atoms with van der Waals surface area (Å²) in [6.07, 6.45) is -0.0464. The van der Waals surface area contributed by atoms with Crippen molar-refractivity contribution in [2.45, 2.75) is 13.0 Å². The molecule has 0 aliphatic heterocycles. The van der Waals surface area contributed by atoms with E-state index in [4.69, 9.17) is 32.7 Å². The predicted molar refractivity (Wildman–Crippen MR) is 88.0 cm³/mol. The Hall–Kier alpha value is -1.58. The second kappa shape index (κ2) is 7.43. The maximum atomic E-state index is 6.08. The van der Waals surface area contributed by atoms with Gasteiger partial charge in [0, 0.05) is 16.8 Å². The SMILES string of the molecule is COc1cccc(NC[C@@H](C)Oc2ccc(Cl)cc2Cl)c1. The highest BCUT2D eigenvalue weighted by Crippen LogP contribution is 2.28. The lowest BCUT2D eigenvalue weighted by Crippen LogP contribution is -2.22. The molecule has 0 aliphatic carbocycles. The van der Waals surface area contributed by atoms with Crippen LogP contribution in [0.5, 0.6) is 11.5 Å². The molecule has 0 heterocycles. The molecule has 0 radical (unpaired) electrons. The standard InChI is InChI=1S/C16H17Cl2NO2/c1-11(21-16-7-6-12(17)8-15(16)18)10-19-13-4-3-5-14(9-13)20-2/h3-9,11,19H,10H2,1-2H3/t11-/m1/s1. The van der Waals surface area contributed by atoms with E-state index < -0.39 is 0 Å². The second-order valence-corrected chi connectivity index (χ2v) is 5.46. The zero-order chi connectivity index (χ0) is 15.2. The molecular formula is C16H17Cl2NO2. The van der Waals surface area contributed by atoms with E-state index in [9.17, 15) is 0 Å². The fraction of sp³-hybridized carbons (Fsp3) is 0.250. The molecule has 0 bridgehead atoms. The van der Waals surface area contributed by atoms with Gasteiger partial charge in [0.15, 0.2) is 0 Å². The third-order valence-electron chi connectivity index (χ3n) is 2.89. The highest BCUT2D eigenvalue weighted by molar-refractivity contribution is 6.35. The van der Waals surface area contributed by atoms with Gasteiger partial charge in [0.05, 0.1) is 18.7 Å². The fourth-order valence-corrected chi connectivity index (χ4v) is 2.28. The number of hydrogen-bond acceptors (Lipinski definition) is 3. The van der Waals surface area contributed by atoms with Crippen LogP contribution in [-0.4, -0.2) is 19.8 Å². The van der Waals surface area contributed by atoms with Crippen molar-refractivity contribution < 1.29 is 9.47 Å². The van der Waals surface area contributed by atoms with E-state index >= 15 is 0 Å². The molecule has 2 aromatic rings. The Morgan fingerprint density at radius 2 is 1.95 bits per heavy atom. The van der Waals surface area contributed by atoms with Gasteiger partial charge < -0.3 is 14.8 Å². The van der Waals surface area contributed by atoms with Crippen LogP contribution in [0, 0.1) is 0 Å². The highest BCUT2D eigenvalue weighted by atomic mass is 35.5. The van der Waals surface area contributed by atoms with E-state index in [2.05, 4.69) is 5.32 Å². The first kappa shape index (κ1) is 15.8. The van der Waals surface area contributed by atoms with Gasteiger partial charge in [0.25, 0.3) is 0 Å². The van der Waals surface area contributed by atoms with Crippen LogP contribution in [0.1, 0.15) is 6.92 Å². The van der Waals surface area contributed by atoms with E-state index in [1.54, 1.807) is 25.3 Å². The molecular weight excluding hydrogens is 309 g/mol. The number of rotatable bonds is 6. The number of methoxy groups -OCH3 is 1. The molecule has 1 N–H and O–H groups in total. The fourth-order valence-electron chi connectivity index (χ4n) is 1.82. The molecule has 5 heteroatoms. The summed E-state index contributed by atoms with van der Waals surface area (Å²) in [6.45, 7) is 2.62. The van der Waals surface area contributed by atoms with Crippen molar-refractivity contribution in [1.82, 2.24) is 0 Å². The first-order chi connectivity index (χ1) is 10.1. The predicted octanol–water partition coefficient (Wildman–Crippen LogP) is 4.88. The van der Waals surface area contributed by atoms with Crippen molar-refractivity contribution >= 4 is 28.9 Å². The molecule has 0 amide bonds. The van der Waals surface area contributed by atoms with Crippen LogP contribution >= 0.6 is 23.2 Å². The van der Waals surface area contributed by atoms with Crippen molar-refractivity contribution in [3.63, 3.8) is 0 Å². The summed E-state index contributed by atoms with van der Waals surface area (Å²) >= 11 is 11.9. The monoisotopic (exact) mass is 325 g/mol. The number of hydrogen-bond donors (Lipinski definition) is 1. The lowest BCUT2D eigenvalue weighted by atomic mass is 10.3. The zero-order valence-electron chi connectivity index (χ0n) is 11.9. The summed E-state index contributed by atoms with van der Waals surface area (Å²) in [5.74, 6) is 1.44. The molecule has 1 atom stereocenters. The summed E-state index contributed by atoms with van der Waals surface area (Å²) in [7, 11) is 1.65. The minimum Gasteiger partial charge on any atom is -0.497 e. The van der Waals surface area contributed by atoms with E-state index in [-0.39, 0.29) is 6.10 Å². The quantitative estimate of drug-likeness (QED) is 0.820. The van der Waals surface area contributed by atoms with Gasteiger partial charge in [-0.05, 0) is 37.3 Å². The lowest BCUT2D eigenvalue weighted by Gasteiger charge is -2.17. The molecule has 0 spiro atoms. The molecule has 0 saturated heterocycles. The summed E-state index contributed by atoms with van der Waals surface area (Å²) in [5.41, 5.74) is 0.979. The van der Waals surface area contributed by atoms with Crippen LogP contribution < -0.4 is 14.8 Å². The van der Waals surface area contributed by atoms with Gasteiger partial charge in [-0.15, -0.1) is 0 Å². The maximum Gasteiger partial charge on any atom is 0.138 e. The third kappa shape index (κ3) is 4.73. The van der Waals surface area contributed by atoms with E-state index in [1.165, 1.54) is 0 Å². The topological polar surface area (TPSA) is 30.5 Å². The molecule has 0 fully saturated rings. The van der Waals surface area contributed by atoms with E-state index in [0.29, 0.717) is 22.3 Å². The average Bonchev–Trinajstić information content (AvgIpc) is 2.48. The van der Waals surface area contributed by atoms with E-state index in [0.717, 1.165) is 11.4 Å². The third-order valence-corrected chi connectivity index (χ3v) is 3.42. The summed E-state index contributed by atoms with van der Waals surface area (Å²) < 4.78 is 11.0. The minimum atomic E-state index is -0.0464. The first-order valence-corrected chi connectivity index (χ1v) is 7.33. The Morgan fingerprint density at radius 1 is 1.14 bits per heavy atom. The van der Waals surface area contributed by atoms with Crippen molar-refractivity contribution in [1.29, 1.82) is 0 Å². The largest absolute Gasteiger partial charge is 0.497 e.